The van der Waals surface area contributed by atoms with E-state index in [1.807, 2.05) is 12.1 Å². The molecule has 3 atom stereocenters. The van der Waals surface area contributed by atoms with Crippen molar-refractivity contribution in [3.8, 4) is 0 Å². The Labute approximate surface area is 366 Å². The van der Waals surface area contributed by atoms with Gasteiger partial charge in [0.1, 0.15) is 29.0 Å². The fourth-order valence-electron chi connectivity index (χ4n) is 6.33. The van der Waals surface area contributed by atoms with Gasteiger partial charge >= 0.3 is 34.6 Å². The van der Waals surface area contributed by atoms with Crippen molar-refractivity contribution in [3.05, 3.63) is 82.9 Å². The van der Waals surface area contributed by atoms with Gasteiger partial charge in [-0.1, -0.05) is 65.8 Å². The van der Waals surface area contributed by atoms with E-state index < -0.39 is 99.7 Å². The average molecular weight is 914 g/mol. The maximum atomic E-state index is 14.1. The number of carbonyl (C=O) groups excluding carboxylic acids is 6. The standard InChI is InChI=1S/C40H47N7O14S2/c1-38(2,3)59-35(51)41-19-25-20-46(37(53)57-25)21-27-29(32(49)47(27)63(54,55)56)43-31(48)28(26-22-62-34(42-26)44-36(52)60-39(4,5)6)45-61-40(17-18-40)33(50)58-30(23-13-9-7-10-14-23)24-15-11-8-12-16-24/h7-16,22,25,27,29-30H,17-21H2,1-6H3,(H,41,51)(H,43,48)(H,42,44,52)(H,54,55,56)/b45-28-/t25-,27-,29+/m1/s1. The van der Waals surface area contributed by atoms with E-state index in [0.717, 1.165) is 16.2 Å². The van der Waals surface area contributed by atoms with Crippen LogP contribution in [0.25, 0.3) is 0 Å². The normalized spacial score (nSPS) is 19.7. The first kappa shape index (κ1) is 46.2. The Morgan fingerprint density at radius 3 is 2.10 bits per heavy atom. The van der Waals surface area contributed by atoms with Crippen LogP contribution >= 0.6 is 11.3 Å². The molecular formula is C40H47N7O14S2. The van der Waals surface area contributed by atoms with Crippen LogP contribution in [0.15, 0.2) is 71.2 Å². The Kier molecular flexibility index (Phi) is 13.3. The number of hydrogen-bond donors (Lipinski definition) is 4. The molecule has 63 heavy (non-hydrogen) atoms. The minimum Gasteiger partial charge on any atom is -0.450 e. The number of anilines is 1. The third kappa shape index (κ3) is 11.8. The lowest BCUT2D eigenvalue weighted by Crippen LogP contribution is -2.74. The van der Waals surface area contributed by atoms with Crippen LogP contribution in [0.3, 0.4) is 0 Å². The summed E-state index contributed by atoms with van der Waals surface area (Å²) in [7, 11) is -5.21. The van der Waals surface area contributed by atoms with Gasteiger partial charge < -0.3 is 39.3 Å². The number of β-lactam (4-membered cyclic amide) rings is 1. The quantitative estimate of drug-likeness (QED) is 0.0420. The zero-order valence-corrected chi connectivity index (χ0v) is 36.7. The van der Waals surface area contributed by atoms with E-state index in [0.29, 0.717) is 11.1 Å². The number of oxime groups is 1. The molecule has 0 spiro atoms. The average Bonchev–Trinajstić information content (AvgIpc) is 3.71. The molecule has 1 aromatic heterocycles. The number of esters is 1. The summed E-state index contributed by atoms with van der Waals surface area (Å²) in [6.45, 7) is 9.04. The second kappa shape index (κ2) is 18.2. The molecule has 0 radical (unpaired) electrons. The molecule has 4 N–H and O–H groups in total. The number of thiazole rings is 1. The number of nitrogens with one attached hydrogen (secondary N) is 3. The lowest BCUT2D eigenvalue weighted by Gasteiger charge is -2.45. The summed E-state index contributed by atoms with van der Waals surface area (Å²) < 4.78 is 56.6. The number of rotatable bonds is 15. The molecule has 2 aromatic carbocycles. The second-order valence-corrected chi connectivity index (χ2v) is 18.9. The van der Waals surface area contributed by atoms with Gasteiger partial charge in [-0.25, -0.2) is 28.5 Å². The van der Waals surface area contributed by atoms with Crippen molar-refractivity contribution in [2.45, 2.75) is 95.5 Å². The maximum Gasteiger partial charge on any atom is 0.413 e. The number of ether oxygens (including phenoxy) is 4. The highest BCUT2D eigenvalue weighted by Gasteiger charge is 2.58. The van der Waals surface area contributed by atoms with Crippen LogP contribution in [-0.4, -0.2) is 124 Å². The summed E-state index contributed by atoms with van der Waals surface area (Å²) >= 11 is 0.871. The molecule has 1 aliphatic carbocycles. The first-order valence-electron chi connectivity index (χ1n) is 19.6. The minimum absolute atomic E-state index is 0.0349. The van der Waals surface area contributed by atoms with Crippen LogP contribution in [-0.2, 0) is 48.5 Å². The predicted molar refractivity (Wildman–Crippen MR) is 223 cm³/mol. The third-order valence-electron chi connectivity index (χ3n) is 9.32. The minimum atomic E-state index is -5.21. The van der Waals surface area contributed by atoms with Crippen LogP contribution in [0.5, 0.6) is 0 Å². The number of amides is 5. The lowest BCUT2D eigenvalue weighted by molar-refractivity contribution is -0.164. The van der Waals surface area contributed by atoms with Gasteiger partial charge in [0.05, 0.1) is 19.1 Å². The van der Waals surface area contributed by atoms with Crippen LogP contribution in [0, 0.1) is 0 Å². The maximum absolute atomic E-state index is 14.1. The molecule has 2 aliphatic heterocycles. The van der Waals surface area contributed by atoms with Crippen LogP contribution in [0.2, 0.25) is 0 Å². The largest absolute Gasteiger partial charge is 0.450 e. The van der Waals surface area contributed by atoms with Crippen molar-refractivity contribution in [2.24, 2.45) is 5.16 Å². The highest BCUT2D eigenvalue weighted by Crippen LogP contribution is 2.43. The molecule has 3 aromatic rings. The molecule has 3 fully saturated rings. The summed E-state index contributed by atoms with van der Waals surface area (Å²) in [5.74, 6) is -3.20. The van der Waals surface area contributed by atoms with Gasteiger partial charge in [0.15, 0.2) is 16.9 Å². The molecule has 3 heterocycles. The molecule has 2 saturated heterocycles. The Bertz CT molecular complexity index is 2320. The van der Waals surface area contributed by atoms with Crippen molar-refractivity contribution >= 4 is 68.5 Å². The number of aromatic nitrogens is 1. The Balaban J connectivity index is 1.23. The smallest absolute Gasteiger partial charge is 0.413 e. The molecular weight excluding hydrogens is 867 g/mol. The Hall–Kier alpha value is -6.33. The molecule has 0 bridgehead atoms. The van der Waals surface area contributed by atoms with Gasteiger partial charge in [-0.3, -0.25) is 19.5 Å². The van der Waals surface area contributed by atoms with E-state index in [1.54, 1.807) is 90.1 Å². The van der Waals surface area contributed by atoms with E-state index in [1.165, 1.54) is 5.38 Å². The van der Waals surface area contributed by atoms with Crippen molar-refractivity contribution in [1.82, 2.24) is 24.8 Å². The number of benzene rings is 2. The molecule has 338 valence electrons. The Morgan fingerprint density at radius 2 is 1.54 bits per heavy atom. The zero-order chi connectivity index (χ0) is 45.9. The summed E-state index contributed by atoms with van der Waals surface area (Å²) in [5, 5.41) is 12.6. The van der Waals surface area contributed by atoms with E-state index in [4.69, 9.17) is 23.8 Å². The van der Waals surface area contributed by atoms with E-state index in [-0.39, 0.29) is 41.1 Å². The predicted octanol–water partition coefficient (Wildman–Crippen LogP) is 3.92. The second-order valence-electron chi connectivity index (χ2n) is 16.7. The molecule has 21 nitrogen and oxygen atoms in total. The van der Waals surface area contributed by atoms with Gasteiger partial charge in [0, 0.05) is 24.8 Å². The fourth-order valence-corrected chi connectivity index (χ4v) is 7.88. The van der Waals surface area contributed by atoms with Gasteiger partial charge in [-0.05, 0) is 52.7 Å². The molecule has 0 unspecified atom stereocenters. The van der Waals surface area contributed by atoms with Crippen molar-refractivity contribution in [1.29, 1.82) is 0 Å². The lowest BCUT2D eigenvalue weighted by atomic mass is 9.97. The topological polar surface area (TPSA) is 271 Å². The molecule has 6 rings (SSSR count). The van der Waals surface area contributed by atoms with Gasteiger partial charge in [-0.2, -0.15) is 8.42 Å². The van der Waals surface area contributed by atoms with Gasteiger partial charge in [0.25, 0.3) is 11.8 Å². The SMILES string of the molecule is CC(C)(C)OC(=O)NC[C@@H]1CN(C[C@@H]2[C@H](NC(=O)/C(=N\OC3(C(=O)OC(c4ccccc4)c4ccccc4)CC3)c3csc(NC(=O)OC(C)(C)C)n3)C(=O)N2S(=O)(=O)O)C(=O)O1. The molecule has 3 aliphatic rings. The fraction of sp³-hybridized carbons (Fsp3) is 0.450. The van der Waals surface area contributed by atoms with Crippen LogP contribution in [0.1, 0.15) is 77.3 Å². The first-order chi connectivity index (χ1) is 29.5. The highest BCUT2D eigenvalue weighted by atomic mass is 32.2. The number of hydrogen-bond acceptors (Lipinski definition) is 16. The van der Waals surface area contributed by atoms with Crippen LogP contribution < -0.4 is 16.0 Å². The summed E-state index contributed by atoms with van der Waals surface area (Å²) in [4.78, 5) is 89.9. The summed E-state index contributed by atoms with van der Waals surface area (Å²) in [6.07, 6.45) is -4.00. The van der Waals surface area contributed by atoms with Crippen LogP contribution in [0.4, 0.5) is 19.5 Å². The van der Waals surface area contributed by atoms with E-state index in [2.05, 4.69) is 26.1 Å². The van der Waals surface area contributed by atoms with Crippen molar-refractivity contribution in [2.75, 3.05) is 25.0 Å². The number of carbonyl (C=O) groups is 6. The monoisotopic (exact) mass is 913 g/mol. The van der Waals surface area contributed by atoms with Crippen molar-refractivity contribution < 1.29 is 65.5 Å². The molecule has 23 heteroatoms. The molecule has 5 amide bonds. The summed E-state index contributed by atoms with van der Waals surface area (Å²) in [6, 6.07) is 14.8. The number of nitrogens with zero attached hydrogens (tertiary/aromatic N) is 4. The van der Waals surface area contributed by atoms with Crippen molar-refractivity contribution in [3.63, 3.8) is 0 Å². The van der Waals surface area contributed by atoms with E-state index >= 15 is 0 Å². The third-order valence-corrected chi connectivity index (χ3v) is 11.0. The summed E-state index contributed by atoms with van der Waals surface area (Å²) in [5.41, 5.74) is -2.73. The number of alkyl carbamates (subject to hydrolysis) is 1. The van der Waals surface area contributed by atoms with Gasteiger partial charge in [-0.15, -0.1) is 11.3 Å². The zero-order valence-electron chi connectivity index (χ0n) is 35.1. The molecule has 1 saturated carbocycles. The van der Waals surface area contributed by atoms with E-state index in [9.17, 15) is 41.7 Å². The Morgan fingerprint density at radius 1 is 0.952 bits per heavy atom. The first-order valence-corrected chi connectivity index (χ1v) is 21.9. The van der Waals surface area contributed by atoms with Gasteiger partial charge in [0.2, 0.25) is 5.60 Å². The highest BCUT2D eigenvalue weighted by molar-refractivity contribution is 7.84. The number of cyclic esters (lactones) is 1.